The number of benzene rings is 1. The van der Waals surface area contributed by atoms with Crippen molar-refractivity contribution in [1.29, 1.82) is 0 Å². The first-order valence-electron chi connectivity index (χ1n) is 6.02. The van der Waals surface area contributed by atoms with Gasteiger partial charge < -0.3 is 5.32 Å². The molecule has 1 aromatic rings. The largest absolute Gasteiger partial charge is 0.316 e. The number of rotatable bonds is 2. The minimum absolute atomic E-state index is 0.361. The molecule has 0 amide bonds. The van der Waals surface area contributed by atoms with E-state index in [1.165, 1.54) is 24.9 Å². The standard InChI is InChI=1S/C14H21N/c1-12(2)14(9-6-10-15-11-14)13-7-4-3-5-8-13/h3-5,7-8,12,15H,6,9-11H2,1-2H3. The molecule has 1 aromatic carbocycles. The van der Waals surface area contributed by atoms with Gasteiger partial charge in [0.25, 0.3) is 0 Å². The van der Waals surface area contributed by atoms with Crippen LogP contribution in [-0.2, 0) is 5.41 Å². The Hall–Kier alpha value is -0.820. The van der Waals surface area contributed by atoms with E-state index in [0.29, 0.717) is 11.3 Å². The Bertz CT molecular complexity index is 296. The van der Waals surface area contributed by atoms with Gasteiger partial charge in [0, 0.05) is 12.0 Å². The van der Waals surface area contributed by atoms with Crippen molar-refractivity contribution < 1.29 is 0 Å². The number of piperidine rings is 1. The highest BCUT2D eigenvalue weighted by atomic mass is 14.9. The van der Waals surface area contributed by atoms with Crippen molar-refractivity contribution in [3.05, 3.63) is 35.9 Å². The van der Waals surface area contributed by atoms with E-state index in [1.807, 2.05) is 0 Å². The lowest BCUT2D eigenvalue weighted by Gasteiger charge is -2.42. The first-order valence-corrected chi connectivity index (χ1v) is 6.02. The van der Waals surface area contributed by atoms with E-state index in [1.54, 1.807) is 0 Å². The first kappa shape index (κ1) is 10.7. The zero-order valence-electron chi connectivity index (χ0n) is 9.79. The summed E-state index contributed by atoms with van der Waals surface area (Å²) < 4.78 is 0. The van der Waals surface area contributed by atoms with Crippen LogP contribution in [-0.4, -0.2) is 13.1 Å². The van der Waals surface area contributed by atoms with Gasteiger partial charge in [-0.25, -0.2) is 0 Å². The van der Waals surface area contributed by atoms with E-state index in [2.05, 4.69) is 49.5 Å². The predicted octanol–water partition coefficient (Wildman–Crippen LogP) is 2.96. The van der Waals surface area contributed by atoms with E-state index in [9.17, 15) is 0 Å². The highest BCUT2D eigenvalue weighted by Gasteiger charge is 2.36. The minimum Gasteiger partial charge on any atom is -0.316 e. The average molecular weight is 203 g/mol. The molecule has 1 saturated heterocycles. The van der Waals surface area contributed by atoms with Crippen LogP contribution in [0.1, 0.15) is 32.3 Å². The molecule has 1 unspecified atom stereocenters. The molecule has 1 heterocycles. The van der Waals surface area contributed by atoms with Gasteiger partial charge in [-0.1, -0.05) is 44.2 Å². The minimum atomic E-state index is 0.361. The van der Waals surface area contributed by atoms with Gasteiger partial charge in [0.15, 0.2) is 0 Å². The quantitative estimate of drug-likeness (QED) is 0.779. The fourth-order valence-electron chi connectivity index (χ4n) is 2.77. The van der Waals surface area contributed by atoms with Crippen LogP contribution in [0.15, 0.2) is 30.3 Å². The molecule has 0 radical (unpaired) electrons. The second-order valence-electron chi connectivity index (χ2n) is 4.96. The lowest BCUT2D eigenvalue weighted by Crippen LogP contribution is -2.46. The molecule has 82 valence electrons. The number of nitrogens with one attached hydrogen (secondary N) is 1. The maximum Gasteiger partial charge on any atom is 0.0101 e. The summed E-state index contributed by atoms with van der Waals surface area (Å²) in [5, 5.41) is 3.56. The summed E-state index contributed by atoms with van der Waals surface area (Å²) in [5.74, 6) is 0.702. The van der Waals surface area contributed by atoms with E-state index >= 15 is 0 Å². The van der Waals surface area contributed by atoms with Crippen molar-refractivity contribution in [3.8, 4) is 0 Å². The molecule has 15 heavy (non-hydrogen) atoms. The third-order valence-electron chi connectivity index (χ3n) is 3.87. The molecule has 0 spiro atoms. The van der Waals surface area contributed by atoms with Crippen LogP contribution in [0.2, 0.25) is 0 Å². The highest BCUT2D eigenvalue weighted by Crippen LogP contribution is 2.37. The van der Waals surface area contributed by atoms with Crippen molar-refractivity contribution in [2.75, 3.05) is 13.1 Å². The Labute approximate surface area is 92.9 Å². The molecule has 0 aromatic heterocycles. The monoisotopic (exact) mass is 203 g/mol. The summed E-state index contributed by atoms with van der Waals surface area (Å²) in [6.45, 7) is 7.01. The summed E-state index contributed by atoms with van der Waals surface area (Å²) in [6.07, 6.45) is 2.62. The molecule has 1 atom stereocenters. The zero-order valence-corrected chi connectivity index (χ0v) is 9.79. The van der Waals surface area contributed by atoms with Crippen LogP contribution in [0.25, 0.3) is 0 Å². The summed E-state index contributed by atoms with van der Waals surface area (Å²) in [5.41, 5.74) is 1.87. The zero-order chi connectivity index (χ0) is 10.7. The summed E-state index contributed by atoms with van der Waals surface area (Å²) in [7, 11) is 0. The van der Waals surface area contributed by atoms with E-state index in [0.717, 1.165) is 6.54 Å². The molecule has 1 fully saturated rings. The number of hydrogen-bond acceptors (Lipinski definition) is 1. The third kappa shape index (κ3) is 1.93. The Morgan fingerprint density at radius 2 is 1.93 bits per heavy atom. The van der Waals surface area contributed by atoms with Crippen LogP contribution in [0, 0.1) is 5.92 Å². The van der Waals surface area contributed by atoms with Gasteiger partial charge in [-0.05, 0) is 30.9 Å². The van der Waals surface area contributed by atoms with Gasteiger partial charge in [0.05, 0.1) is 0 Å². The van der Waals surface area contributed by atoms with Crippen LogP contribution in [0.5, 0.6) is 0 Å². The van der Waals surface area contributed by atoms with E-state index < -0.39 is 0 Å². The van der Waals surface area contributed by atoms with Crippen LogP contribution >= 0.6 is 0 Å². The molecule has 0 bridgehead atoms. The van der Waals surface area contributed by atoms with Gasteiger partial charge in [0.1, 0.15) is 0 Å². The average Bonchev–Trinajstić information content (AvgIpc) is 2.31. The molecule has 1 N–H and O–H groups in total. The second kappa shape index (κ2) is 4.36. The molecule has 0 aliphatic carbocycles. The lowest BCUT2D eigenvalue weighted by molar-refractivity contribution is 0.233. The van der Waals surface area contributed by atoms with E-state index in [4.69, 9.17) is 0 Å². The lowest BCUT2D eigenvalue weighted by atomic mass is 9.67. The molecule has 1 aliphatic rings. The predicted molar refractivity (Wildman–Crippen MR) is 65.1 cm³/mol. The van der Waals surface area contributed by atoms with Gasteiger partial charge in [-0.15, -0.1) is 0 Å². The van der Waals surface area contributed by atoms with Crippen molar-refractivity contribution in [2.24, 2.45) is 5.92 Å². The number of hydrogen-bond donors (Lipinski definition) is 1. The van der Waals surface area contributed by atoms with Crippen molar-refractivity contribution in [1.82, 2.24) is 5.32 Å². The maximum absolute atomic E-state index is 3.56. The third-order valence-corrected chi connectivity index (χ3v) is 3.87. The van der Waals surface area contributed by atoms with Gasteiger partial charge in [-0.3, -0.25) is 0 Å². The van der Waals surface area contributed by atoms with Crippen molar-refractivity contribution in [2.45, 2.75) is 32.1 Å². The Morgan fingerprint density at radius 1 is 1.20 bits per heavy atom. The Morgan fingerprint density at radius 3 is 2.47 bits per heavy atom. The molecule has 1 nitrogen and oxygen atoms in total. The van der Waals surface area contributed by atoms with Crippen molar-refractivity contribution in [3.63, 3.8) is 0 Å². The normalized spacial score (nSPS) is 26.9. The molecule has 2 rings (SSSR count). The molecular formula is C14H21N. The summed E-state index contributed by atoms with van der Waals surface area (Å²) in [6, 6.07) is 11.0. The van der Waals surface area contributed by atoms with Crippen LogP contribution in [0.3, 0.4) is 0 Å². The Kier molecular flexibility index (Phi) is 3.11. The van der Waals surface area contributed by atoms with Crippen LogP contribution < -0.4 is 5.32 Å². The second-order valence-corrected chi connectivity index (χ2v) is 4.96. The fraction of sp³-hybridized carbons (Fsp3) is 0.571. The molecule has 0 saturated carbocycles. The Balaban J connectivity index is 2.34. The van der Waals surface area contributed by atoms with Crippen molar-refractivity contribution >= 4 is 0 Å². The molecule has 1 aliphatic heterocycles. The van der Waals surface area contributed by atoms with Gasteiger partial charge in [-0.2, -0.15) is 0 Å². The maximum atomic E-state index is 3.56. The SMILES string of the molecule is CC(C)C1(c2ccccc2)CCCNC1. The van der Waals surface area contributed by atoms with E-state index in [-0.39, 0.29) is 0 Å². The van der Waals surface area contributed by atoms with Gasteiger partial charge in [0.2, 0.25) is 0 Å². The smallest absolute Gasteiger partial charge is 0.0101 e. The fourth-order valence-corrected chi connectivity index (χ4v) is 2.77. The first-order chi connectivity index (χ1) is 7.26. The molecular weight excluding hydrogens is 182 g/mol. The summed E-state index contributed by atoms with van der Waals surface area (Å²) in [4.78, 5) is 0. The topological polar surface area (TPSA) is 12.0 Å². The van der Waals surface area contributed by atoms with Crippen LogP contribution in [0.4, 0.5) is 0 Å². The summed E-state index contributed by atoms with van der Waals surface area (Å²) >= 11 is 0. The highest BCUT2D eigenvalue weighted by molar-refractivity contribution is 5.27. The van der Waals surface area contributed by atoms with Gasteiger partial charge >= 0.3 is 0 Å². The molecule has 1 heteroatoms.